The van der Waals surface area contributed by atoms with Gasteiger partial charge in [-0.15, -0.1) is 10.2 Å². The minimum Gasteiger partial charge on any atom is -0.378 e. The van der Waals surface area contributed by atoms with E-state index in [0.29, 0.717) is 28.6 Å². The number of nitrogens with two attached hydrogens (primary N) is 1. The number of piperidine rings is 1. The maximum atomic E-state index is 12.6. The lowest BCUT2D eigenvalue weighted by atomic mass is 9.92. The summed E-state index contributed by atoms with van der Waals surface area (Å²) in [5.74, 6) is 8.36. The van der Waals surface area contributed by atoms with Crippen LogP contribution in [0.5, 0.6) is 0 Å². The number of amides is 1. The molecule has 0 saturated carbocycles. The third-order valence-electron chi connectivity index (χ3n) is 4.83. The Morgan fingerprint density at radius 2 is 1.96 bits per heavy atom. The van der Waals surface area contributed by atoms with E-state index in [1.54, 1.807) is 0 Å². The Morgan fingerprint density at radius 3 is 2.63 bits per heavy atom. The van der Waals surface area contributed by atoms with Gasteiger partial charge in [0.25, 0.3) is 0 Å². The first-order valence-electron chi connectivity index (χ1n) is 9.24. The predicted molar refractivity (Wildman–Crippen MR) is 110 cm³/mol. The minimum absolute atomic E-state index is 0.137. The molecule has 0 spiro atoms. The van der Waals surface area contributed by atoms with Gasteiger partial charge in [0.1, 0.15) is 0 Å². The number of likely N-dealkylation sites (tertiary alicyclic amines) is 1. The van der Waals surface area contributed by atoms with Crippen LogP contribution in [-0.4, -0.2) is 58.6 Å². The molecule has 2 heterocycles. The van der Waals surface area contributed by atoms with Crippen molar-refractivity contribution in [3.05, 3.63) is 24.3 Å². The molecule has 1 amide bonds. The van der Waals surface area contributed by atoms with Crippen molar-refractivity contribution in [3.63, 3.8) is 0 Å². The van der Waals surface area contributed by atoms with Crippen LogP contribution in [0.4, 0.5) is 5.69 Å². The van der Waals surface area contributed by atoms with Crippen LogP contribution in [-0.2, 0) is 4.79 Å². The monoisotopic (exact) mass is 388 g/mol. The third-order valence-corrected chi connectivity index (χ3v) is 5.76. The van der Waals surface area contributed by atoms with Gasteiger partial charge in [-0.05, 0) is 30.4 Å². The highest BCUT2D eigenvalue weighted by molar-refractivity contribution is 7.99. The molecule has 1 aromatic heterocycles. The Kier molecular flexibility index (Phi) is 5.94. The SMILES string of the molecule is CC1CC(C)CN(C(=O)CSc2nnc(-c3cccc(N(C)C)c3)n2N)C1. The molecule has 0 aliphatic carbocycles. The van der Waals surface area contributed by atoms with Crippen molar-refractivity contribution < 1.29 is 4.79 Å². The van der Waals surface area contributed by atoms with Crippen LogP contribution >= 0.6 is 11.8 Å². The molecular weight excluding hydrogens is 360 g/mol. The van der Waals surface area contributed by atoms with E-state index in [1.807, 2.05) is 48.2 Å². The lowest BCUT2D eigenvalue weighted by Gasteiger charge is -2.34. The summed E-state index contributed by atoms with van der Waals surface area (Å²) in [5, 5.41) is 8.95. The molecule has 0 bridgehead atoms. The lowest BCUT2D eigenvalue weighted by Crippen LogP contribution is -2.43. The molecule has 2 unspecified atom stereocenters. The number of hydrogen-bond donors (Lipinski definition) is 1. The Hall–Kier alpha value is -2.22. The van der Waals surface area contributed by atoms with Crippen molar-refractivity contribution in [2.45, 2.75) is 25.4 Å². The molecule has 2 atom stereocenters. The molecular formula is C19H28N6OS. The Morgan fingerprint density at radius 1 is 1.26 bits per heavy atom. The average molecular weight is 389 g/mol. The predicted octanol–water partition coefficient (Wildman–Crippen LogP) is 2.32. The van der Waals surface area contributed by atoms with Gasteiger partial charge in [0.2, 0.25) is 11.1 Å². The van der Waals surface area contributed by atoms with E-state index >= 15 is 0 Å². The summed E-state index contributed by atoms with van der Waals surface area (Å²) in [6, 6.07) is 7.96. The Bertz CT molecular complexity index is 795. The van der Waals surface area contributed by atoms with Crippen LogP contribution in [0.3, 0.4) is 0 Å². The number of carbonyl (C=O) groups excluding carboxylic acids is 1. The first-order chi connectivity index (χ1) is 12.8. The molecule has 7 nitrogen and oxygen atoms in total. The van der Waals surface area contributed by atoms with Crippen LogP contribution in [0.15, 0.2) is 29.4 Å². The minimum atomic E-state index is 0.137. The highest BCUT2D eigenvalue weighted by Gasteiger charge is 2.25. The highest BCUT2D eigenvalue weighted by atomic mass is 32.2. The zero-order chi connectivity index (χ0) is 19.6. The number of benzene rings is 1. The van der Waals surface area contributed by atoms with E-state index in [4.69, 9.17) is 5.84 Å². The van der Waals surface area contributed by atoms with Gasteiger partial charge in [-0.25, -0.2) is 4.68 Å². The number of carbonyl (C=O) groups is 1. The van der Waals surface area contributed by atoms with E-state index in [0.717, 1.165) is 24.3 Å². The van der Waals surface area contributed by atoms with Crippen LogP contribution in [0.2, 0.25) is 0 Å². The molecule has 146 valence electrons. The summed E-state index contributed by atoms with van der Waals surface area (Å²) >= 11 is 1.34. The van der Waals surface area contributed by atoms with E-state index in [1.165, 1.54) is 22.9 Å². The van der Waals surface area contributed by atoms with E-state index < -0.39 is 0 Å². The third kappa shape index (κ3) is 4.55. The second-order valence-corrected chi connectivity index (χ2v) is 8.60. The number of nitrogen functional groups attached to an aromatic ring is 1. The van der Waals surface area contributed by atoms with Crippen molar-refractivity contribution in [2.24, 2.45) is 11.8 Å². The molecule has 1 aliphatic rings. The van der Waals surface area contributed by atoms with Gasteiger partial charge in [0.05, 0.1) is 5.75 Å². The molecule has 2 N–H and O–H groups in total. The van der Waals surface area contributed by atoms with E-state index in [2.05, 4.69) is 24.0 Å². The second-order valence-electron chi connectivity index (χ2n) is 7.65. The largest absolute Gasteiger partial charge is 0.378 e. The van der Waals surface area contributed by atoms with E-state index in [-0.39, 0.29) is 5.91 Å². The van der Waals surface area contributed by atoms with Crippen molar-refractivity contribution in [2.75, 3.05) is 43.7 Å². The zero-order valence-electron chi connectivity index (χ0n) is 16.4. The van der Waals surface area contributed by atoms with Crippen LogP contribution in [0.25, 0.3) is 11.4 Å². The van der Waals surface area contributed by atoms with Gasteiger partial charge in [0, 0.05) is 38.4 Å². The molecule has 3 rings (SSSR count). The molecule has 8 heteroatoms. The fraction of sp³-hybridized carbons (Fsp3) is 0.526. The topological polar surface area (TPSA) is 80.3 Å². The molecule has 2 aromatic rings. The quantitative estimate of drug-likeness (QED) is 0.625. The molecule has 1 aliphatic heterocycles. The molecule has 27 heavy (non-hydrogen) atoms. The lowest BCUT2D eigenvalue weighted by molar-refractivity contribution is -0.130. The number of aromatic nitrogens is 3. The van der Waals surface area contributed by atoms with Gasteiger partial charge in [-0.1, -0.05) is 37.7 Å². The number of hydrogen-bond acceptors (Lipinski definition) is 6. The summed E-state index contributed by atoms with van der Waals surface area (Å²) in [6.45, 7) is 6.07. The standard InChI is InChI=1S/C19H28N6OS/c1-13-8-14(2)11-24(10-13)17(26)12-27-19-22-21-18(25(19)20)15-6-5-7-16(9-15)23(3)4/h5-7,9,13-14H,8,10-12,20H2,1-4H3. The van der Waals surface area contributed by atoms with Crippen molar-refractivity contribution in [3.8, 4) is 11.4 Å². The molecule has 0 radical (unpaired) electrons. The summed E-state index contributed by atoms with van der Waals surface area (Å²) in [6.07, 6.45) is 1.18. The van der Waals surface area contributed by atoms with Gasteiger partial charge >= 0.3 is 0 Å². The Labute approximate surface area is 164 Å². The maximum absolute atomic E-state index is 12.6. The van der Waals surface area contributed by atoms with Gasteiger partial charge in [0.15, 0.2) is 5.82 Å². The summed E-state index contributed by atoms with van der Waals surface area (Å²) in [7, 11) is 3.98. The fourth-order valence-corrected chi connectivity index (χ4v) is 4.34. The van der Waals surface area contributed by atoms with Crippen molar-refractivity contribution in [1.82, 2.24) is 19.8 Å². The summed E-state index contributed by atoms with van der Waals surface area (Å²) in [4.78, 5) is 16.6. The average Bonchev–Trinajstić information content (AvgIpc) is 2.99. The van der Waals surface area contributed by atoms with Crippen LogP contribution in [0, 0.1) is 11.8 Å². The van der Waals surface area contributed by atoms with Gasteiger partial charge in [-0.3, -0.25) is 4.79 Å². The number of nitrogens with zero attached hydrogens (tertiary/aromatic N) is 5. The summed E-state index contributed by atoms with van der Waals surface area (Å²) < 4.78 is 1.47. The molecule has 1 aromatic carbocycles. The van der Waals surface area contributed by atoms with Gasteiger partial charge < -0.3 is 15.6 Å². The van der Waals surface area contributed by atoms with Gasteiger partial charge in [-0.2, -0.15) is 0 Å². The summed E-state index contributed by atoms with van der Waals surface area (Å²) in [5.41, 5.74) is 1.96. The second kappa shape index (κ2) is 8.21. The van der Waals surface area contributed by atoms with Crippen molar-refractivity contribution in [1.29, 1.82) is 0 Å². The normalized spacial score (nSPS) is 19.9. The van der Waals surface area contributed by atoms with E-state index in [9.17, 15) is 4.79 Å². The number of thioether (sulfide) groups is 1. The Balaban J connectivity index is 1.67. The number of anilines is 1. The molecule has 1 fully saturated rings. The molecule has 1 saturated heterocycles. The number of rotatable bonds is 5. The first kappa shape index (κ1) is 19.5. The van der Waals surface area contributed by atoms with Crippen LogP contribution < -0.4 is 10.7 Å². The maximum Gasteiger partial charge on any atom is 0.233 e. The highest BCUT2D eigenvalue weighted by Crippen LogP contribution is 2.26. The first-order valence-corrected chi connectivity index (χ1v) is 10.2. The zero-order valence-corrected chi connectivity index (χ0v) is 17.2. The fourth-order valence-electron chi connectivity index (χ4n) is 3.58. The van der Waals surface area contributed by atoms with Crippen LogP contribution in [0.1, 0.15) is 20.3 Å². The smallest absolute Gasteiger partial charge is 0.233 e. The van der Waals surface area contributed by atoms with Crippen molar-refractivity contribution >= 4 is 23.4 Å².